The highest BCUT2D eigenvalue weighted by Gasteiger charge is 2.33. The van der Waals surface area contributed by atoms with E-state index in [4.69, 9.17) is 4.74 Å². The number of rotatable bonds is 3. The number of halogens is 1. The molecule has 16 heavy (non-hydrogen) atoms. The van der Waals surface area contributed by atoms with Crippen molar-refractivity contribution in [3.05, 3.63) is 0 Å². The molecule has 0 aliphatic carbocycles. The summed E-state index contributed by atoms with van der Waals surface area (Å²) in [6.45, 7) is 7.62. The Morgan fingerprint density at radius 2 is 2.12 bits per heavy atom. The number of carbonyl (C=O) groups excluding carboxylic acids is 1. The van der Waals surface area contributed by atoms with Crippen LogP contribution in [0.2, 0.25) is 0 Å². The fraction of sp³-hybridized carbons (Fsp3) is 0.909. The van der Waals surface area contributed by atoms with Crippen LogP contribution in [0.5, 0.6) is 0 Å². The van der Waals surface area contributed by atoms with Crippen LogP contribution < -0.4 is 0 Å². The summed E-state index contributed by atoms with van der Waals surface area (Å²) in [6, 6.07) is 0.313. The van der Waals surface area contributed by atoms with Crippen LogP contribution in [-0.2, 0) is 9.53 Å². The Kier molecular flexibility index (Phi) is 4.21. The van der Waals surface area contributed by atoms with Crippen molar-refractivity contribution in [3.8, 4) is 0 Å². The zero-order chi connectivity index (χ0) is 11.5. The normalized spacial score (nSPS) is 29.8. The van der Waals surface area contributed by atoms with Gasteiger partial charge in [0.2, 0.25) is 5.91 Å². The monoisotopic (exact) mass is 290 g/mol. The van der Waals surface area contributed by atoms with Gasteiger partial charge in [0.1, 0.15) is 0 Å². The summed E-state index contributed by atoms with van der Waals surface area (Å²) in [7, 11) is 0. The molecule has 2 aliphatic rings. The highest BCUT2D eigenvalue weighted by atomic mass is 79.9. The summed E-state index contributed by atoms with van der Waals surface area (Å²) in [5.41, 5.74) is 0. The molecule has 92 valence electrons. The summed E-state index contributed by atoms with van der Waals surface area (Å²) in [4.78, 5) is 16.2. The Morgan fingerprint density at radius 3 is 2.69 bits per heavy atom. The van der Waals surface area contributed by atoms with E-state index in [0.717, 1.165) is 45.8 Å². The van der Waals surface area contributed by atoms with E-state index >= 15 is 0 Å². The first-order chi connectivity index (χ1) is 7.68. The fourth-order valence-corrected chi connectivity index (χ4v) is 2.83. The number of likely N-dealkylation sites (tertiary alicyclic amines) is 1. The van der Waals surface area contributed by atoms with Gasteiger partial charge in [0.25, 0.3) is 0 Å². The Morgan fingerprint density at radius 1 is 1.44 bits per heavy atom. The number of ether oxygens (including phenoxy) is 1. The van der Waals surface area contributed by atoms with E-state index in [9.17, 15) is 4.79 Å². The molecule has 0 aromatic heterocycles. The largest absolute Gasteiger partial charge is 0.379 e. The van der Waals surface area contributed by atoms with Crippen molar-refractivity contribution in [2.45, 2.75) is 24.2 Å². The van der Waals surface area contributed by atoms with Gasteiger partial charge in [-0.25, -0.2) is 0 Å². The molecule has 0 N–H and O–H groups in total. The van der Waals surface area contributed by atoms with Crippen LogP contribution >= 0.6 is 15.9 Å². The van der Waals surface area contributed by atoms with E-state index in [0.29, 0.717) is 6.04 Å². The molecular formula is C11H19BrN2O2. The zero-order valence-electron chi connectivity index (χ0n) is 9.69. The predicted octanol–water partition coefficient (Wildman–Crippen LogP) is 0.703. The highest BCUT2D eigenvalue weighted by molar-refractivity contribution is 9.10. The van der Waals surface area contributed by atoms with Gasteiger partial charge in [-0.15, -0.1) is 0 Å². The number of amides is 1. The van der Waals surface area contributed by atoms with Crippen LogP contribution in [0.4, 0.5) is 0 Å². The average Bonchev–Trinajstić information content (AvgIpc) is 2.61. The second-order valence-electron chi connectivity index (χ2n) is 4.55. The highest BCUT2D eigenvalue weighted by Crippen LogP contribution is 2.21. The van der Waals surface area contributed by atoms with Crippen LogP contribution in [0.1, 0.15) is 13.3 Å². The molecule has 2 unspecified atom stereocenters. The maximum absolute atomic E-state index is 11.8. The molecule has 2 heterocycles. The Bertz CT molecular complexity index is 256. The lowest BCUT2D eigenvalue weighted by Crippen LogP contribution is -2.47. The molecule has 2 fully saturated rings. The molecule has 2 saturated heterocycles. The third-order valence-corrected chi connectivity index (χ3v) is 4.18. The van der Waals surface area contributed by atoms with Crippen LogP contribution in [0.25, 0.3) is 0 Å². The Labute approximate surface area is 105 Å². The first-order valence-electron chi connectivity index (χ1n) is 5.93. The second kappa shape index (κ2) is 5.47. The van der Waals surface area contributed by atoms with Gasteiger partial charge in [-0.1, -0.05) is 15.9 Å². The molecule has 0 aromatic rings. The Balaban J connectivity index is 1.82. The minimum atomic E-state index is 0.0413. The molecule has 0 spiro atoms. The standard InChI is InChI=1S/C11H19BrN2O2/c1-9(8-13-4-6-16-7-5-13)14-3-2-10(12)11(14)15/h9-10H,2-8H2,1H3. The van der Waals surface area contributed by atoms with E-state index < -0.39 is 0 Å². The smallest absolute Gasteiger partial charge is 0.236 e. The van der Waals surface area contributed by atoms with Crippen molar-refractivity contribution in [2.75, 3.05) is 39.4 Å². The van der Waals surface area contributed by atoms with Crippen LogP contribution in [0.3, 0.4) is 0 Å². The van der Waals surface area contributed by atoms with Gasteiger partial charge in [0.05, 0.1) is 18.0 Å². The summed E-state index contributed by atoms with van der Waals surface area (Å²) < 4.78 is 5.32. The molecule has 2 rings (SSSR count). The van der Waals surface area contributed by atoms with E-state index in [1.807, 2.05) is 4.90 Å². The molecule has 0 radical (unpaired) electrons. The summed E-state index contributed by atoms with van der Waals surface area (Å²) in [6.07, 6.45) is 0.937. The van der Waals surface area contributed by atoms with Gasteiger partial charge in [0.15, 0.2) is 0 Å². The van der Waals surface area contributed by atoms with Gasteiger partial charge >= 0.3 is 0 Å². The van der Waals surface area contributed by atoms with Crippen molar-refractivity contribution < 1.29 is 9.53 Å². The number of hydrogen-bond acceptors (Lipinski definition) is 3. The number of alkyl halides is 1. The second-order valence-corrected chi connectivity index (χ2v) is 5.66. The van der Waals surface area contributed by atoms with Crippen LogP contribution in [0, 0.1) is 0 Å². The Hall–Kier alpha value is -0.130. The van der Waals surface area contributed by atoms with Crippen molar-refractivity contribution in [3.63, 3.8) is 0 Å². The summed E-state index contributed by atoms with van der Waals surface area (Å²) in [5.74, 6) is 0.251. The van der Waals surface area contributed by atoms with E-state index in [-0.39, 0.29) is 10.7 Å². The predicted molar refractivity (Wildman–Crippen MR) is 65.8 cm³/mol. The maximum Gasteiger partial charge on any atom is 0.236 e. The van der Waals surface area contributed by atoms with E-state index in [1.165, 1.54) is 0 Å². The van der Waals surface area contributed by atoms with Gasteiger partial charge < -0.3 is 9.64 Å². The third kappa shape index (κ3) is 2.76. The molecule has 2 atom stereocenters. The molecule has 5 heteroatoms. The number of hydrogen-bond donors (Lipinski definition) is 0. The summed E-state index contributed by atoms with van der Waals surface area (Å²) in [5, 5.41) is 0. The lowest BCUT2D eigenvalue weighted by atomic mass is 10.2. The van der Waals surface area contributed by atoms with Crippen molar-refractivity contribution in [1.82, 2.24) is 9.80 Å². The van der Waals surface area contributed by atoms with E-state index in [2.05, 4.69) is 27.8 Å². The van der Waals surface area contributed by atoms with Crippen LogP contribution in [-0.4, -0.2) is 66.0 Å². The van der Waals surface area contributed by atoms with E-state index in [1.54, 1.807) is 0 Å². The van der Waals surface area contributed by atoms with Gasteiger partial charge in [0, 0.05) is 32.2 Å². The number of carbonyl (C=O) groups is 1. The van der Waals surface area contributed by atoms with Gasteiger partial charge in [-0.2, -0.15) is 0 Å². The number of morpholine rings is 1. The lowest BCUT2D eigenvalue weighted by Gasteiger charge is -2.33. The SMILES string of the molecule is CC(CN1CCOCC1)N1CCC(Br)C1=O. The lowest BCUT2D eigenvalue weighted by molar-refractivity contribution is -0.129. The van der Waals surface area contributed by atoms with Crippen molar-refractivity contribution in [1.29, 1.82) is 0 Å². The van der Waals surface area contributed by atoms with Crippen LogP contribution in [0.15, 0.2) is 0 Å². The summed E-state index contributed by atoms with van der Waals surface area (Å²) >= 11 is 3.41. The first kappa shape index (κ1) is 12.3. The number of nitrogens with zero attached hydrogens (tertiary/aromatic N) is 2. The molecule has 0 saturated carbocycles. The zero-order valence-corrected chi connectivity index (χ0v) is 11.3. The first-order valence-corrected chi connectivity index (χ1v) is 6.84. The van der Waals surface area contributed by atoms with Gasteiger partial charge in [-0.05, 0) is 13.3 Å². The maximum atomic E-state index is 11.8. The molecule has 2 aliphatic heterocycles. The third-order valence-electron chi connectivity index (χ3n) is 3.33. The molecule has 1 amide bonds. The topological polar surface area (TPSA) is 32.8 Å². The molecule has 4 nitrogen and oxygen atoms in total. The average molecular weight is 291 g/mol. The minimum Gasteiger partial charge on any atom is -0.379 e. The minimum absolute atomic E-state index is 0.0413. The molecular weight excluding hydrogens is 272 g/mol. The quantitative estimate of drug-likeness (QED) is 0.718. The molecule has 0 aromatic carbocycles. The van der Waals surface area contributed by atoms with Crippen molar-refractivity contribution in [2.24, 2.45) is 0 Å². The van der Waals surface area contributed by atoms with Crippen molar-refractivity contribution >= 4 is 21.8 Å². The molecule has 0 bridgehead atoms. The van der Waals surface area contributed by atoms with Gasteiger partial charge in [-0.3, -0.25) is 9.69 Å². The fourth-order valence-electron chi connectivity index (χ4n) is 2.36.